The highest BCUT2D eigenvalue weighted by Gasteiger charge is 2.16. The lowest BCUT2D eigenvalue weighted by atomic mass is 10.0. The lowest BCUT2D eigenvalue weighted by molar-refractivity contribution is -0.116. The third-order valence-electron chi connectivity index (χ3n) is 6.00. The maximum absolute atomic E-state index is 13.7. The van der Waals surface area contributed by atoms with Gasteiger partial charge in [0.15, 0.2) is 5.13 Å². The Morgan fingerprint density at radius 3 is 2.76 bits per heavy atom. The predicted octanol–water partition coefficient (Wildman–Crippen LogP) is 5.54. The van der Waals surface area contributed by atoms with Gasteiger partial charge in [0.05, 0.1) is 29.6 Å². The van der Waals surface area contributed by atoms with Gasteiger partial charge in [-0.3, -0.25) is 14.9 Å². The van der Waals surface area contributed by atoms with Gasteiger partial charge in [0.1, 0.15) is 11.3 Å². The Morgan fingerprint density at radius 1 is 1.05 bits per heavy atom. The summed E-state index contributed by atoms with van der Waals surface area (Å²) in [4.78, 5) is 27.0. The van der Waals surface area contributed by atoms with E-state index in [9.17, 15) is 9.18 Å². The van der Waals surface area contributed by atoms with Crippen molar-refractivity contribution in [3.05, 3.63) is 72.3 Å². The standard InChI is InChI=1S/C27H22FN7OS/c1-35(2)14-25(36)31-17-9-16(12-29-13-17)15-3-4-21-20(10-15)26(34-33-21)22-11-19-18(7-8-30-27(19)32-22)23-5-6-24(28)37-23/h3-13H,14H2,1-2H3,(H,30,32)(H,31,36)(H,33,34). The minimum Gasteiger partial charge on any atom is -0.338 e. The van der Waals surface area contributed by atoms with Crippen LogP contribution >= 0.6 is 11.3 Å². The zero-order chi connectivity index (χ0) is 25.5. The summed E-state index contributed by atoms with van der Waals surface area (Å²) < 4.78 is 13.7. The number of fused-ring (bicyclic) bond motifs is 2. The summed E-state index contributed by atoms with van der Waals surface area (Å²) in [6.07, 6.45) is 5.11. The molecule has 1 aromatic carbocycles. The fraction of sp³-hybridized carbons (Fsp3) is 0.111. The van der Waals surface area contributed by atoms with E-state index in [4.69, 9.17) is 0 Å². The molecule has 0 aliphatic heterocycles. The summed E-state index contributed by atoms with van der Waals surface area (Å²) in [5, 5.41) is 12.2. The Bertz CT molecular complexity index is 1770. The number of likely N-dealkylation sites (N-methyl/N-ethyl adjacent to an activating group) is 1. The second-order valence-corrected chi connectivity index (χ2v) is 10.0. The van der Waals surface area contributed by atoms with Gasteiger partial charge in [-0.05, 0) is 62.1 Å². The van der Waals surface area contributed by atoms with Gasteiger partial charge in [0.2, 0.25) is 5.91 Å². The number of nitrogens with one attached hydrogen (secondary N) is 3. The molecule has 37 heavy (non-hydrogen) atoms. The summed E-state index contributed by atoms with van der Waals surface area (Å²) in [5.74, 6) is -0.103. The van der Waals surface area contributed by atoms with Crippen LogP contribution in [0, 0.1) is 5.13 Å². The molecule has 3 N–H and O–H groups in total. The van der Waals surface area contributed by atoms with Crippen LogP contribution in [-0.2, 0) is 4.79 Å². The molecule has 6 aromatic rings. The number of aromatic amines is 2. The van der Waals surface area contributed by atoms with Gasteiger partial charge in [-0.15, -0.1) is 11.3 Å². The molecule has 0 fully saturated rings. The molecule has 0 aliphatic carbocycles. The number of carbonyl (C=O) groups is 1. The molecule has 5 heterocycles. The van der Waals surface area contributed by atoms with Crippen LogP contribution < -0.4 is 5.32 Å². The first-order valence-corrected chi connectivity index (χ1v) is 12.4. The van der Waals surface area contributed by atoms with Crippen molar-refractivity contribution in [2.24, 2.45) is 0 Å². The first-order chi connectivity index (χ1) is 17.9. The van der Waals surface area contributed by atoms with Gasteiger partial charge in [0.25, 0.3) is 0 Å². The Balaban J connectivity index is 1.38. The zero-order valence-electron chi connectivity index (χ0n) is 20.0. The number of nitrogens with zero attached hydrogens (tertiary/aromatic N) is 4. The van der Waals surface area contributed by atoms with E-state index in [1.54, 1.807) is 24.7 Å². The molecule has 0 spiro atoms. The van der Waals surface area contributed by atoms with Crippen LogP contribution in [0.5, 0.6) is 0 Å². The first kappa shape index (κ1) is 23.0. The number of rotatable bonds is 6. The molecule has 0 atom stereocenters. The van der Waals surface area contributed by atoms with E-state index in [1.807, 2.05) is 55.4 Å². The average molecular weight is 512 g/mol. The van der Waals surface area contributed by atoms with E-state index in [0.29, 0.717) is 11.3 Å². The molecule has 0 unspecified atom stereocenters. The van der Waals surface area contributed by atoms with Gasteiger partial charge in [-0.25, -0.2) is 4.98 Å². The quantitative estimate of drug-likeness (QED) is 0.273. The highest BCUT2D eigenvalue weighted by Crippen LogP contribution is 2.36. The molecular weight excluding hydrogens is 489 g/mol. The number of aromatic nitrogens is 5. The third kappa shape index (κ3) is 4.48. The van der Waals surface area contributed by atoms with Crippen molar-refractivity contribution in [1.82, 2.24) is 30.0 Å². The molecule has 6 rings (SSSR count). The summed E-state index contributed by atoms with van der Waals surface area (Å²) >= 11 is 1.11. The van der Waals surface area contributed by atoms with Gasteiger partial charge in [0, 0.05) is 39.2 Å². The SMILES string of the molecule is CN(C)CC(=O)Nc1cncc(-c2ccc3[nH]nc(-c4cc5c(-c6ccc(F)s6)ccnc5[nH]4)c3c2)c1. The lowest BCUT2D eigenvalue weighted by Gasteiger charge is -2.11. The normalized spacial score (nSPS) is 11.6. The Kier molecular flexibility index (Phi) is 5.74. The molecular formula is C27H22FN7OS. The summed E-state index contributed by atoms with van der Waals surface area (Å²) in [5.41, 5.74) is 6.51. The van der Waals surface area contributed by atoms with Crippen molar-refractivity contribution in [3.63, 3.8) is 0 Å². The number of benzene rings is 1. The Hall–Kier alpha value is -4.41. The fourth-order valence-corrected chi connectivity index (χ4v) is 5.15. The monoisotopic (exact) mass is 511 g/mol. The molecule has 8 nitrogen and oxygen atoms in total. The largest absolute Gasteiger partial charge is 0.338 e. The number of H-pyrrole nitrogens is 2. The van der Waals surface area contributed by atoms with E-state index >= 15 is 0 Å². The minimum absolute atomic E-state index is 0.103. The van der Waals surface area contributed by atoms with Crippen LogP contribution in [-0.4, -0.2) is 56.6 Å². The number of anilines is 1. The summed E-state index contributed by atoms with van der Waals surface area (Å²) in [6, 6.07) is 15.1. The number of hydrogen-bond acceptors (Lipinski definition) is 6. The number of carbonyl (C=O) groups excluding carboxylic acids is 1. The van der Waals surface area contributed by atoms with Crippen LogP contribution in [0.3, 0.4) is 0 Å². The van der Waals surface area contributed by atoms with E-state index in [1.165, 1.54) is 6.07 Å². The number of thiophene rings is 1. The molecule has 0 saturated heterocycles. The van der Waals surface area contributed by atoms with Crippen molar-refractivity contribution in [2.45, 2.75) is 0 Å². The van der Waals surface area contributed by atoms with Gasteiger partial charge in [-0.2, -0.15) is 9.49 Å². The van der Waals surface area contributed by atoms with Crippen molar-refractivity contribution in [2.75, 3.05) is 26.0 Å². The van der Waals surface area contributed by atoms with Gasteiger partial charge >= 0.3 is 0 Å². The predicted molar refractivity (Wildman–Crippen MR) is 145 cm³/mol. The first-order valence-electron chi connectivity index (χ1n) is 11.6. The van der Waals surface area contributed by atoms with Crippen LogP contribution in [0.1, 0.15) is 0 Å². The smallest absolute Gasteiger partial charge is 0.238 e. The maximum atomic E-state index is 13.7. The molecule has 0 radical (unpaired) electrons. The third-order valence-corrected chi connectivity index (χ3v) is 6.91. The minimum atomic E-state index is -0.225. The molecule has 5 aromatic heterocycles. The molecule has 1 amide bonds. The zero-order valence-corrected chi connectivity index (χ0v) is 20.9. The van der Waals surface area contributed by atoms with Crippen LogP contribution in [0.25, 0.3) is 54.9 Å². The molecule has 0 aliphatic rings. The van der Waals surface area contributed by atoms with E-state index in [-0.39, 0.29) is 17.6 Å². The number of amides is 1. The van der Waals surface area contributed by atoms with Crippen molar-refractivity contribution < 1.29 is 9.18 Å². The van der Waals surface area contributed by atoms with Crippen LogP contribution in [0.15, 0.2) is 67.1 Å². The summed E-state index contributed by atoms with van der Waals surface area (Å²) in [7, 11) is 3.69. The fourth-order valence-electron chi connectivity index (χ4n) is 4.38. The lowest BCUT2D eigenvalue weighted by Crippen LogP contribution is -2.27. The van der Waals surface area contributed by atoms with E-state index in [2.05, 4.69) is 30.5 Å². The Morgan fingerprint density at radius 2 is 1.95 bits per heavy atom. The molecule has 0 bridgehead atoms. The van der Waals surface area contributed by atoms with Crippen molar-refractivity contribution in [3.8, 4) is 33.0 Å². The van der Waals surface area contributed by atoms with Crippen LogP contribution in [0.2, 0.25) is 0 Å². The van der Waals surface area contributed by atoms with Crippen molar-refractivity contribution >= 4 is 44.9 Å². The second kappa shape index (κ2) is 9.23. The highest BCUT2D eigenvalue weighted by molar-refractivity contribution is 7.14. The number of pyridine rings is 2. The number of hydrogen-bond donors (Lipinski definition) is 3. The Labute approximate surface area is 215 Å². The second-order valence-electron chi connectivity index (χ2n) is 8.99. The van der Waals surface area contributed by atoms with Crippen molar-refractivity contribution in [1.29, 1.82) is 0 Å². The molecule has 10 heteroatoms. The van der Waals surface area contributed by atoms with Crippen LogP contribution in [0.4, 0.5) is 10.1 Å². The number of halogens is 1. The van der Waals surface area contributed by atoms with Gasteiger partial charge in [-0.1, -0.05) is 6.07 Å². The summed E-state index contributed by atoms with van der Waals surface area (Å²) in [6.45, 7) is 0.289. The van der Waals surface area contributed by atoms with E-state index in [0.717, 1.165) is 60.6 Å². The highest BCUT2D eigenvalue weighted by atomic mass is 32.1. The molecule has 0 saturated carbocycles. The maximum Gasteiger partial charge on any atom is 0.238 e. The topological polar surface area (TPSA) is 103 Å². The average Bonchev–Trinajstić information content (AvgIpc) is 3.60. The van der Waals surface area contributed by atoms with Gasteiger partial charge < -0.3 is 15.2 Å². The van der Waals surface area contributed by atoms with E-state index < -0.39 is 0 Å². The molecule has 184 valence electrons.